The SMILES string of the molecule is CN=C(Nc1nc(C)cc(C)n1)NS(=O)(=O)c1ccccc1C(=O)OC. The molecule has 2 N–H and O–H groups in total. The maximum absolute atomic E-state index is 12.7. The lowest BCUT2D eigenvalue weighted by atomic mass is 10.2. The van der Waals surface area contributed by atoms with Crippen LogP contribution in [0.5, 0.6) is 0 Å². The lowest BCUT2D eigenvalue weighted by Gasteiger charge is -2.13. The van der Waals surface area contributed by atoms with Crippen molar-refractivity contribution in [3.05, 3.63) is 47.3 Å². The van der Waals surface area contributed by atoms with Crippen LogP contribution < -0.4 is 10.0 Å². The summed E-state index contributed by atoms with van der Waals surface area (Å²) in [4.78, 5) is 23.8. The maximum atomic E-state index is 12.7. The molecule has 0 saturated carbocycles. The third kappa shape index (κ3) is 4.54. The van der Waals surface area contributed by atoms with Crippen LogP contribution in [0, 0.1) is 13.8 Å². The maximum Gasteiger partial charge on any atom is 0.339 e. The Morgan fingerprint density at radius 1 is 1.15 bits per heavy atom. The minimum absolute atomic E-state index is 0.0828. The number of aromatic nitrogens is 2. The summed E-state index contributed by atoms with van der Waals surface area (Å²) in [6.45, 7) is 3.58. The molecule has 0 bridgehead atoms. The van der Waals surface area contributed by atoms with Crippen LogP contribution >= 0.6 is 0 Å². The lowest BCUT2D eigenvalue weighted by Crippen LogP contribution is -2.37. The number of esters is 1. The zero-order valence-electron chi connectivity index (χ0n) is 14.8. The summed E-state index contributed by atoms with van der Waals surface area (Å²) in [5.41, 5.74) is 1.35. The lowest BCUT2D eigenvalue weighted by molar-refractivity contribution is 0.0596. The van der Waals surface area contributed by atoms with Crippen molar-refractivity contribution in [1.29, 1.82) is 0 Å². The molecule has 0 radical (unpaired) electrons. The first kappa shape index (κ1) is 19.3. The highest BCUT2D eigenvalue weighted by molar-refractivity contribution is 7.90. The molecule has 138 valence electrons. The number of nitrogens with zero attached hydrogens (tertiary/aromatic N) is 3. The van der Waals surface area contributed by atoms with E-state index >= 15 is 0 Å². The molecule has 0 unspecified atom stereocenters. The fraction of sp³-hybridized carbons (Fsp3) is 0.250. The summed E-state index contributed by atoms with van der Waals surface area (Å²) in [6, 6.07) is 7.50. The van der Waals surface area contributed by atoms with E-state index in [1.807, 2.05) is 0 Å². The summed E-state index contributed by atoms with van der Waals surface area (Å²) in [6.07, 6.45) is 0. The fourth-order valence-electron chi connectivity index (χ4n) is 2.18. The molecule has 0 aliphatic heterocycles. The van der Waals surface area contributed by atoms with Gasteiger partial charge >= 0.3 is 5.97 Å². The van der Waals surface area contributed by atoms with Gasteiger partial charge in [0.05, 0.1) is 12.7 Å². The predicted octanol–water partition coefficient (Wildman–Crippen LogP) is 1.26. The largest absolute Gasteiger partial charge is 0.465 e. The van der Waals surface area contributed by atoms with Crippen molar-refractivity contribution in [3.63, 3.8) is 0 Å². The van der Waals surface area contributed by atoms with Crippen molar-refractivity contribution in [2.45, 2.75) is 18.7 Å². The molecule has 10 heteroatoms. The monoisotopic (exact) mass is 377 g/mol. The van der Waals surface area contributed by atoms with Crippen LogP contribution in [0.1, 0.15) is 21.7 Å². The number of hydrogen-bond donors (Lipinski definition) is 2. The third-order valence-corrected chi connectivity index (χ3v) is 4.65. The minimum Gasteiger partial charge on any atom is -0.465 e. The standard InChI is InChI=1S/C16H19N5O4S/c1-10-9-11(2)19-16(18-10)20-15(17-3)21-26(23,24)13-8-6-5-7-12(13)14(22)25-4/h5-9H,1-4H3,(H2,17,18,19,20,21). The Morgan fingerprint density at radius 2 is 1.77 bits per heavy atom. The second-order valence-corrected chi connectivity index (χ2v) is 6.92. The predicted molar refractivity (Wildman–Crippen MR) is 96.6 cm³/mol. The zero-order chi connectivity index (χ0) is 19.3. The average molecular weight is 377 g/mol. The molecule has 0 amide bonds. The molecular formula is C16H19N5O4S. The first-order valence-electron chi connectivity index (χ1n) is 7.53. The molecule has 1 aromatic heterocycles. The van der Waals surface area contributed by atoms with Gasteiger partial charge in [-0.1, -0.05) is 12.1 Å². The molecule has 2 aromatic rings. The number of hydrogen-bond acceptors (Lipinski definition) is 7. The summed E-state index contributed by atoms with van der Waals surface area (Å²) < 4.78 is 32.3. The van der Waals surface area contributed by atoms with Gasteiger partial charge in [-0.15, -0.1) is 0 Å². The Hall–Kier alpha value is -3.01. The van der Waals surface area contributed by atoms with Crippen molar-refractivity contribution in [3.8, 4) is 0 Å². The van der Waals surface area contributed by atoms with Crippen molar-refractivity contribution >= 4 is 27.9 Å². The summed E-state index contributed by atoms with van der Waals surface area (Å²) in [5, 5.41) is 2.72. The van der Waals surface area contributed by atoms with Crippen molar-refractivity contribution in [2.75, 3.05) is 19.5 Å². The number of nitrogens with one attached hydrogen (secondary N) is 2. The van der Waals surface area contributed by atoms with E-state index in [-0.39, 0.29) is 22.4 Å². The van der Waals surface area contributed by atoms with Gasteiger partial charge in [0.2, 0.25) is 11.9 Å². The Labute approximate surface area is 151 Å². The average Bonchev–Trinajstić information content (AvgIpc) is 2.59. The van der Waals surface area contributed by atoms with Gasteiger partial charge in [0.15, 0.2) is 0 Å². The van der Waals surface area contributed by atoms with Crippen LogP contribution in [-0.4, -0.2) is 44.5 Å². The molecule has 0 fully saturated rings. The summed E-state index contributed by atoms with van der Waals surface area (Å²) in [7, 11) is -1.52. The first-order chi connectivity index (χ1) is 12.3. The number of ether oxygens (including phenoxy) is 1. The molecular weight excluding hydrogens is 358 g/mol. The van der Waals surface area contributed by atoms with Gasteiger partial charge in [-0.25, -0.2) is 27.9 Å². The molecule has 0 aliphatic carbocycles. The van der Waals surface area contributed by atoms with E-state index in [2.05, 4.69) is 29.7 Å². The Morgan fingerprint density at radius 3 is 2.35 bits per heavy atom. The van der Waals surface area contributed by atoms with Gasteiger partial charge in [-0.3, -0.25) is 10.3 Å². The first-order valence-corrected chi connectivity index (χ1v) is 9.01. The molecule has 1 heterocycles. The second kappa shape index (κ2) is 7.91. The Balaban J connectivity index is 2.31. The van der Waals surface area contributed by atoms with E-state index in [0.29, 0.717) is 11.4 Å². The smallest absolute Gasteiger partial charge is 0.339 e. The highest BCUT2D eigenvalue weighted by Crippen LogP contribution is 2.16. The van der Waals surface area contributed by atoms with Gasteiger partial charge in [0.25, 0.3) is 10.0 Å². The number of carbonyl (C=O) groups is 1. The van der Waals surface area contributed by atoms with Crippen LogP contribution in [0.4, 0.5) is 5.95 Å². The summed E-state index contributed by atoms with van der Waals surface area (Å²) >= 11 is 0. The van der Waals surface area contributed by atoms with Gasteiger partial charge in [-0.2, -0.15) is 0 Å². The third-order valence-electron chi connectivity index (χ3n) is 3.25. The number of anilines is 1. The number of guanidine groups is 1. The van der Waals surface area contributed by atoms with E-state index in [9.17, 15) is 13.2 Å². The Bertz CT molecular complexity index is 937. The van der Waals surface area contributed by atoms with Gasteiger partial charge in [0, 0.05) is 18.4 Å². The molecule has 2 rings (SSSR count). The summed E-state index contributed by atoms with van der Waals surface area (Å²) in [5.74, 6) is -0.645. The number of methoxy groups -OCH3 is 1. The van der Waals surface area contributed by atoms with Gasteiger partial charge in [0.1, 0.15) is 4.90 Å². The molecule has 26 heavy (non-hydrogen) atoms. The number of rotatable bonds is 4. The highest BCUT2D eigenvalue weighted by Gasteiger charge is 2.24. The van der Waals surface area contributed by atoms with Crippen LogP contribution in [0.25, 0.3) is 0 Å². The van der Waals surface area contributed by atoms with Crippen molar-refractivity contribution in [2.24, 2.45) is 4.99 Å². The van der Waals surface area contributed by atoms with Crippen molar-refractivity contribution in [1.82, 2.24) is 14.7 Å². The number of benzene rings is 1. The van der Waals surface area contributed by atoms with E-state index in [4.69, 9.17) is 0 Å². The molecule has 9 nitrogen and oxygen atoms in total. The van der Waals surface area contributed by atoms with Crippen LogP contribution in [0.3, 0.4) is 0 Å². The second-order valence-electron chi connectivity index (χ2n) is 5.26. The molecule has 0 atom stereocenters. The topological polar surface area (TPSA) is 123 Å². The van der Waals surface area contributed by atoms with Crippen molar-refractivity contribution < 1.29 is 17.9 Å². The number of sulfonamides is 1. The highest BCUT2D eigenvalue weighted by atomic mass is 32.2. The van der Waals surface area contributed by atoms with Gasteiger partial charge < -0.3 is 4.74 Å². The van der Waals surface area contributed by atoms with E-state index in [0.717, 1.165) is 0 Å². The molecule has 0 spiro atoms. The molecule has 0 saturated heterocycles. The van der Waals surface area contributed by atoms with Crippen LogP contribution in [0.2, 0.25) is 0 Å². The zero-order valence-corrected chi connectivity index (χ0v) is 15.6. The quantitative estimate of drug-likeness (QED) is 0.467. The molecule has 1 aromatic carbocycles. The Kier molecular flexibility index (Phi) is 5.88. The van der Waals surface area contributed by atoms with Gasteiger partial charge in [-0.05, 0) is 32.0 Å². The number of carbonyl (C=O) groups excluding carboxylic acids is 1. The normalized spacial score (nSPS) is 11.8. The van der Waals surface area contributed by atoms with Crippen LogP contribution in [-0.2, 0) is 14.8 Å². The number of aliphatic imine (C=N–C) groups is 1. The fourth-order valence-corrected chi connectivity index (χ4v) is 3.38. The minimum atomic E-state index is -4.10. The van der Waals surface area contributed by atoms with E-state index in [1.54, 1.807) is 26.0 Å². The van der Waals surface area contributed by atoms with Crippen LogP contribution in [0.15, 0.2) is 40.2 Å². The van der Waals surface area contributed by atoms with E-state index < -0.39 is 16.0 Å². The van der Waals surface area contributed by atoms with E-state index in [1.165, 1.54) is 32.4 Å². The number of aryl methyl sites for hydroxylation is 2. The molecule has 0 aliphatic rings.